The number of nitrogens with zero attached hydrogens (tertiary/aromatic N) is 2. The van der Waals surface area contributed by atoms with Gasteiger partial charge in [-0.1, -0.05) is 19.3 Å². The van der Waals surface area contributed by atoms with Crippen LogP contribution >= 0.6 is 0 Å². The molecule has 1 aromatic rings. The van der Waals surface area contributed by atoms with Crippen molar-refractivity contribution in [2.75, 3.05) is 26.3 Å². The van der Waals surface area contributed by atoms with Crippen molar-refractivity contribution in [3.05, 3.63) is 29.6 Å². The molecule has 124 valence electrons. The lowest BCUT2D eigenvalue weighted by Gasteiger charge is -2.27. The van der Waals surface area contributed by atoms with Crippen molar-refractivity contribution in [3.63, 3.8) is 0 Å². The molecule has 1 aliphatic heterocycles. The highest BCUT2D eigenvalue weighted by Gasteiger charge is 2.21. The van der Waals surface area contributed by atoms with E-state index < -0.39 is 0 Å². The van der Waals surface area contributed by atoms with Crippen LogP contribution in [0, 0.1) is 0 Å². The first kappa shape index (κ1) is 15.9. The summed E-state index contributed by atoms with van der Waals surface area (Å²) in [5.74, 6) is -0.254. The Bertz CT molecular complexity index is 564. The van der Waals surface area contributed by atoms with Crippen LogP contribution in [0.5, 0.6) is 0 Å². The molecule has 1 saturated heterocycles. The number of pyridine rings is 1. The third-order valence-electron chi connectivity index (χ3n) is 4.48. The van der Waals surface area contributed by atoms with E-state index in [0.717, 1.165) is 25.7 Å². The van der Waals surface area contributed by atoms with Gasteiger partial charge in [-0.2, -0.15) is 0 Å². The van der Waals surface area contributed by atoms with Crippen LogP contribution in [0.3, 0.4) is 0 Å². The van der Waals surface area contributed by atoms with Gasteiger partial charge in [0.05, 0.1) is 13.2 Å². The molecule has 2 aliphatic rings. The SMILES string of the molecule is O=C(NC1CCCCC1)c1cc(C(=O)N2CCOCC2)ccn1. The number of carbonyl (C=O) groups is 2. The Morgan fingerprint density at radius 3 is 2.65 bits per heavy atom. The van der Waals surface area contributed by atoms with Gasteiger partial charge in [-0.05, 0) is 25.0 Å². The third kappa shape index (κ3) is 4.07. The van der Waals surface area contributed by atoms with Crippen molar-refractivity contribution in [3.8, 4) is 0 Å². The number of rotatable bonds is 3. The summed E-state index contributed by atoms with van der Waals surface area (Å²) in [6.45, 7) is 2.30. The van der Waals surface area contributed by atoms with Gasteiger partial charge in [-0.3, -0.25) is 14.6 Å². The fraction of sp³-hybridized carbons (Fsp3) is 0.588. The molecular weight excluding hydrogens is 294 g/mol. The smallest absolute Gasteiger partial charge is 0.270 e. The van der Waals surface area contributed by atoms with Gasteiger partial charge in [0.2, 0.25) is 0 Å². The van der Waals surface area contributed by atoms with Crippen molar-refractivity contribution in [1.82, 2.24) is 15.2 Å². The summed E-state index contributed by atoms with van der Waals surface area (Å²) >= 11 is 0. The van der Waals surface area contributed by atoms with E-state index in [1.807, 2.05) is 0 Å². The minimum absolute atomic E-state index is 0.0672. The zero-order chi connectivity index (χ0) is 16.1. The summed E-state index contributed by atoms with van der Waals surface area (Å²) < 4.78 is 5.26. The topological polar surface area (TPSA) is 71.5 Å². The average molecular weight is 317 g/mol. The maximum Gasteiger partial charge on any atom is 0.270 e. The number of carbonyl (C=O) groups excluding carboxylic acids is 2. The zero-order valence-electron chi connectivity index (χ0n) is 13.3. The molecule has 2 amide bonds. The highest BCUT2D eigenvalue weighted by Crippen LogP contribution is 2.18. The van der Waals surface area contributed by atoms with Gasteiger partial charge in [0.1, 0.15) is 5.69 Å². The van der Waals surface area contributed by atoms with E-state index in [0.29, 0.717) is 37.6 Å². The second-order valence-corrected chi connectivity index (χ2v) is 6.14. The molecule has 0 bridgehead atoms. The molecule has 2 fully saturated rings. The molecule has 0 spiro atoms. The number of morpholine rings is 1. The molecule has 1 aromatic heterocycles. The number of hydrogen-bond acceptors (Lipinski definition) is 4. The second kappa shape index (κ2) is 7.55. The van der Waals surface area contributed by atoms with E-state index in [1.165, 1.54) is 12.6 Å². The van der Waals surface area contributed by atoms with Crippen LogP contribution in [0.15, 0.2) is 18.3 Å². The summed E-state index contributed by atoms with van der Waals surface area (Å²) in [5.41, 5.74) is 0.824. The third-order valence-corrected chi connectivity index (χ3v) is 4.48. The minimum Gasteiger partial charge on any atom is -0.378 e. The second-order valence-electron chi connectivity index (χ2n) is 6.14. The standard InChI is InChI=1S/C17H23N3O3/c21-16(19-14-4-2-1-3-5-14)15-12-13(6-7-18-15)17(22)20-8-10-23-11-9-20/h6-7,12,14H,1-5,8-11H2,(H,19,21). The Morgan fingerprint density at radius 2 is 1.91 bits per heavy atom. The van der Waals surface area contributed by atoms with Crippen molar-refractivity contribution in [2.24, 2.45) is 0 Å². The van der Waals surface area contributed by atoms with Gasteiger partial charge in [0, 0.05) is 30.9 Å². The fourth-order valence-corrected chi connectivity index (χ4v) is 3.14. The Balaban J connectivity index is 1.66. The van der Waals surface area contributed by atoms with E-state index in [-0.39, 0.29) is 17.9 Å². The Morgan fingerprint density at radius 1 is 1.17 bits per heavy atom. The van der Waals surface area contributed by atoms with Gasteiger partial charge in [-0.25, -0.2) is 0 Å². The first-order valence-electron chi connectivity index (χ1n) is 8.38. The lowest BCUT2D eigenvalue weighted by molar-refractivity contribution is 0.0303. The van der Waals surface area contributed by atoms with E-state index in [9.17, 15) is 9.59 Å². The zero-order valence-corrected chi connectivity index (χ0v) is 13.3. The Hall–Kier alpha value is -1.95. The van der Waals surface area contributed by atoms with Gasteiger partial charge in [-0.15, -0.1) is 0 Å². The Labute approximate surface area is 136 Å². The van der Waals surface area contributed by atoms with E-state index in [4.69, 9.17) is 4.74 Å². The number of nitrogens with one attached hydrogen (secondary N) is 1. The molecule has 0 radical (unpaired) electrons. The van der Waals surface area contributed by atoms with Crippen LogP contribution in [-0.4, -0.2) is 54.0 Å². The van der Waals surface area contributed by atoms with Crippen molar-refractivity contribution in [1.29, 1.82) is 0 Å². The molecule has 0 atom stereocenters. The van der Waals surface area contributed by atoms with Crippen LogP contribution in [-0.2, 0) is 4.74 Å². The summed E-state index contributed by atoms with van der Waals surface area (Å²) in [5, 5.41) is 3.03. The number of ether oxygens (including phenoxy) is 1. The molecule has 6 nitrogen and oxygen atoms in total. The highest BCUT2D eigenvalue weighted by molar-refractivity contribution is 5.98. The minimum atomic E-state index is -0.187. The number of hydrogen-bond donors (Lipinski definition) is 1. The molecule has 1 aliphatic carbocycles. The van der Waals surface area contributed by atoms with Crippen LogP contribution in [0.1, 0.15) is 53.0 Å². The summed E-state index contributed by atoms with van der Waals surface area (Å²) in [4.78, 5) is 30.7. The summed E-state index contributed by atoms with van der Waals surface area (Å²) in [6, 6.07) is 3.49. The maximum atomic E-state index is 12.5. The normalized spacial score (nSPS) is 19.4. The monoisotopic (exact) mass is 317 g/mol. The molecule has 3 rings (SSSR count). The summed E-state index contributed by atoms with van der Waals surface area (Å²) in [6.07, 6.45) is 7.15. The summed E-state index contributed by atoms with van der Waals surface area (Å²) in [7, 11) is 0. The Kier molecular flexibility index (Phi) is 5.23. The van der Waals surface area contributed by atoms with Crippen LogP contribution < -0.4 is 5.32 Å². The van der Waals surface area contributed by atoms with Crippen LogP contribution in [0.2, 0.25) is 0 Å². The van der Waals surface area contributed by atoms with Gasteiger partial charge < -0.3 is 15.0 Å². The predicted molar refractivity (Wildman–Crippen MR) is 85.3 cm³/mol. The lowest BCUT2D eigenvalue weighted by Crippen LogP contribution is -2.41. The first-order valence-corrected chi connectivity index (χ1v) is 8.38. The van der Waals surface area contributed by atoms with Crippen molar-refractivity contribution < 1.29 is 14.3 Å². The van der Waals surface area contributed by atoms with Crippen LogP contribution in [0.4, 0.5) is 0 Å². The molecule has 0 aromatic carbocycles. The molecule has 0 unspecified atom stereocenters. The quantitative estimate of drug-likeness (QED) is 0.919. The highest BCUT2D eigenvalue weighted by atomic mass is 16.5. The largest absolute Gasteiger partial charge is 0.378 e. The number of amides is 2. The van der Waals surface area contributed by atoms with E-state index in [1.54, 1.807) is 17.0 Å². The van der Waals surface area contributed by atoms with Gasteiger partial charge in [0.15, 0.2) is 0 Å². The molecule has 23 heavy (non-hydrogen) atoms. The molecule has 1 N–H and O–H groups in total. The lowest BCUT2D eigenvalue weighted by atomic mass is 9.95. The van der Waals surface area contributed by atoms with Crippen molar-refractivity contribution in [2.45, 2.75) is 38.1 Å². The fourth-order valence-electron chi connectivity index (χ4n) is 3.14. The maximum absolute atomic E-state index is 12.5. The molecule has 1 saturated carbocycles. The first-order chi connectivity index (χ1) is 11.2. The average Bonchev–Trinajstić information content (AvgIpc) is 2.63. The van der Waals surface area contributed by atoms with Gasteiger partial charge in [0.25, 0.3) is 11.8 Å². The predicted octanol–water partition coefficient (Wildman–Crippen LogP) is 1.62. The van der Waals surface area contributed by atoms with E-state index >= 15 is 0 Å². The van der Waals surface area contributed by atoms with Crippen molar-refractivity contribution >= 4 is 11.8 Å². The molecular formula is C17H23N3O3. The van der Waals surface area contributed by atoms with Gasteiger partial charge >= 0.3 is 0 Å². The molecule has 6 heteroatoms. The number of aromatic nitrogens is 1. The van der Waals surface area contributed by atoms with Crippen LogP contribution in [0.25, 0.3) is 0 Å². The van der Waals surface area contributed by atoms with E-state index in [2.05, 4.69) is 10.3 Å². The molecule has 2 heterocycles.